The minimum Gasteiger partial charge on any atom is -0.480 e. The minimum atomic E-state index is -0.944. The zero-order chi connectivity index (χ0) is 26.0. The Kier molecular flexibility index (Phi) is 10.0. The number of hydrogen-bond donors (Lipinski definition) is 3. The van der Waals surface area contributed by atoms with Crippen molar-refractivity contribution in [2.24, 2.45) is 0 Å². The Morgan fingerprint density at radius 2 is 1.69 bits per heavy atom. The van der Waals surface area contributed by atoms with E-state index in [-0.39, 0.29) is 11.9 Å². The topological polar surface area (TPSA) is 116 Å². The van der Waals surface area contributed by atoms with Crippen LogP contribution < -0.4 is 5.32 Å². The lowest BCUT2D eigenvalue weighted by atomic mass is 9.72. The fourth-order valence-electron chi connectivity index (χ4n) is 4.74. The number of aliphatic hydroxyl groups excluding tert-OH is 1. The summed E-state index contributed by atoms with van der Waals surface area (Å²) in [5.74, 6) is -1.22. The van der Waals surface area contributed by atoms with Gasteiger partial charge in [0.2, 0.25) is 5.91 Å². The molecule has 0 radical (unpaired) electrons. The number of hydrogen-bond acceptors (Lipinski definition) is 6. The number of carbonyl (C=O) groups excluding carboxylic acids is 2. The van der Waals surface area contributed by atoms with Crippen LogP contribution in [0.25, 0.3) is 0 Å². The number of carboxylic acids is 1. The number of likely N-dealkylation sites (tertiary alicyclic amines) is 1. The van der Waals surface area contributed by atoms with Crippen LogP contribution in [0.15, 0.2) is 60.7 Å². The lowest BCUT2D eigenvalue weighted by Gasteiger charge is -2.40. The molecule has 2 fully saturated rings. The largest absolute Gasteiger partial charge is 0.480 e. The third kappa shape index (κ3) is 7.15. The van der Waals surface area contributed by atoms with Crippen molar-refractivity contribution in [2.75, 3.05) is 26.2 Å². The van der Waals surface area contributed by atoms with E-state index in [9.17, 15) is 19.5 Å². The van der Waals surface area contributed by atoms with E-state index >= 15 is 0 Å². The number of nitrogens with one attached hydrogen (secondary N) is 1. The first kappa shape index (κ1) is 27.4. The van der Waals surface area contributed by atoms with Gasteiger partial charge >= 0.3 is 11.9 Å². The fourth-order valence-corrected chi connectivity index (χ4v) is 4.74. The molecule has 2 aromatic rings. The summed E-state index contributed by atoms with van der Waals surface area (Å²) in [7, 11) is 0. The zero-order valence-corrected chi connectivity index (χ0v) is 20.8. The number of piperidine rings is 1. The van der Waals surface area contributed by atoms with Crippen molar-refractivity contribution in [2.45, 2.75) is 56.6 Å². The Bertz CT molecular complexity index is 990. The highest BCUT2D eigenvalue weighted by Crippen LogP contribution is 2.37. The molecule has 2 aliphatic rings. The molecule has 1 unspecified atom stereocenters. The van der Waals surface area contributed by atoms with E-state index in [1.54, 1.807) is 0 Å². The summed E-state index contributed by atoms with van der Waals surface area (Å²) in [5, 5.41) is 21.0. The summed E-state index contributed by atoms with van der Waals surface area (Å²) >= 11 is 0. The second-order valence-electron chi connectivity index (χ2n) is 9.22. The number of aliphatic carboxylic acids is 1. The van der Waals surface area contributed by atoms with Gasteiger partial charge in [-0.25, -0.2) is 4.79 Å². The fraction of sp³-hybridized carbons (Fsp3) is 0.464. The van der Waals surface area contributed by atoms with Crippen LogP contribution in [0, 0.1) is 0 Å². The summed E-state index contributed by atoms with van der Waals surface area (Å²) in [4.78, 5) is 35.7. The van der Waals surface area contributed by atoms with E-state index in [1.807, 2.05) is 67.6 Å². The molecule has 1 amide bonds. The molecular formula is C28H36N2O6. The van der Waals surface area contributed by atoms with Gasteiger partial charge in [-0.05, 0) is 56.8 Å². The maximum absolute atomic E-state index is 12.8. The highest BCUT2D eigenvalue weighted by Gasteiger charge is 2.44. The predicted octanol–water partition coefficient (Wildman–Crippen LogP) is 3.06. The quantitative estimate of drug-likeness (QED) is 0.481. The van der Waals surface area contributed by atoms with Gasteiger partial charge in [0.05, 0.1) is 18.1 Å². The lowest BCUT2D eigenvalue weighted by Crippen LogP contribution is -2.48. The first-order chi connectivity index (χ1) is 17.4. The third-order valence-electron chi connectivity index (χ3n) is 6.90. The van der Waals surface area contributed by atoms with Crippen molar-refractivity contribution in [1.82, 2.24) is 10.2 Å². The summed E-state index contributed by atoms with van der Waals surface area (Å²) in [6.45, 7) is 4.74. The average molecular weight is 497 g/mol. The summed E-state index contributed by atoms with van der Waals surface area (Å²) < 4.78 is 5.43. The van der Waals surface area contributed by atoms with E-state index in [2.05, 4.69) is 10.2 Å². The van der Waals surface area contributed by atoms with Gasteiger partial charge in [-0.1, -0.05) is 60.7 Å². The molecule has 0 aromatic heterocycles. The van der Waals surface area contributed by atoms with Crippen molar-refractivity contribution >= 4 is 17.8 Å². The van der Waals surface area contributed by atoms with Crippen molar-refractivity contribution in [3.8, 4) is 0 Å². The number of carbonyl (C=O) groups is 3. The normalized spacial score (nSPS) is 19.9. The maximum atomic E-state index is 12.8. The van der Waals surface area contributed by atoms with Gasteiger partial charge < -0.3 is 25.2 Å². The molecule has 2 aromatic carbocycles. The average Bonchev–Trinajstić information content (AvgIpc) is 3.36. The van der Waals surface area contributed by atoms with E-state index in [0.717, 1.165) is 43.6 Å². The molecular weight excluding hydrogens is 460 g/mol. The Morgan fingerprint density at radius 1 is 1.08 bits per heavy atom. The highest BCUT2D eigenvalue weighted by atomic mass is 16.5. The lowest BCUT2D eigenvalue weighted by molar-refractivity contribution is -0.152. The third-order valence-corrected chi connectivity index (χ3v) is 6.90. The van der Waals surface area contributed by atoms with Gasteiger partial charge in [0.25, 0.3) is 0 Å². The summed E-state index contributed by atoms with van der Waals surface area (Å²) in [6, 6.07) is 19.2. The number of ether oxygens (including phenoxy) is 1. The van der Waals surface area contributed by atoms with Crippen LogP contribution in [-0.2, 0) is 24.5 Å². The van der Waals surface area contributed by atoms with Crippen molar-refractivity contribution < 1.29 is 29.3 Å². The predicted molar refractivity (Wildman–Crippen MR) is 135 cm³/mol. The van der Waals surface area contributed by atoms with Crippen LogP contribution in [0.1, 0.15) is 56.3 Å². The molecule has 36 heavy (non-hydrogen) atoms. The Balaban J connectivity index is 0.000000338. The Morgan fingerprint density at radius 3 is 2.19 bits per heavy atom. The molecule has 2 heterocycles. The van der Waals surface area contributed by atoms with E-state index in [0.29, 0.717) is 25.9 Å². The number of esters is 1. The summed E-state index contributed by atoms with van der Waals surface area (Å²) in [5.41, 5.74) is 1.46. The monoisotopic (exact) mass is 496 g/mol. The van der Waals surface area contributed by atoms with Crippen LogP contribution in [0.3, 0.4) is 0 Å². The molecule has 8 nitrogen and oxygen atoms in total. The molecule has 8 heteroatoms. The molecule has 4 rings (SSSR count). The van der Waals surface area contributed by atoms with Gasteiger partial charge in [-0.3, -0.25) is 9.59 Å². The number of benzene rings is 2. The number of amides is 1. The van der Waals surface area contributed by atoms with Gasteiger partial charge in [-0.2, -0.15) is 0 Å². The van der Waals surface area contributed by atoms with E-state index < -0.39 is 23.5 Å². The van der Waals surface area contributed by atoms with Crippen LogP contribution in [0.5, 0.6) is 0 Å². The summed E-state index contributed by atoms with van der Waals surface area (Å²) in [6.07, 6.45) is 2.51. The van der Waals surface area contributed by atoms with Crippen LogP contribution in [0.2, 0.25) is 0 Å². The van der Waals surface area contributed by atoms with E-state index in [1.165, 1.54) is 0 Å². The van der Waals surface area contributed by atoms with Crippen LogP contribution in [-0.4, -0.2) is 65.2 Å². The number of rotatable bonds is 8. The van der Waals surface area contributed by atoms with Gasteiger partial charge in [-0.15, -0.1) is 0 Å². The molecule has 2 atom stereocenters. The smallest absolute Gasteiger partial charge is 0.326 e. The Hall–Kier alpha value is -3.23. The highest BCUT2D eigenvalue weighted by molar-refractivity contribution is 5.87. The molecule has 194 valence electrons. The number of aliphatic hydroxyl groups is 1. The number of nitrogens with zero attached hydrogens (tertiary/aromatic N) is 1. The first-order valence-corrected chi connectivity index (χ1v) is 12.6. The van der Waals surface area contributed by atoms with Crippen molar-refractivity contribution in [3.05, 3.63) is 71.8 Å². The maximum Gasteiger partial charge on any atom is 0.326 e. The SMILES string of the molecule is CCOC(=O)C1(c2ccccc2)CCN(CCC(O)c2ccccc2)CC1.O=C1CC[C@@H](C(=O)O)N1. The van der Waals surface area contributed by atoms with Gasteiger partial charge in [0.1, 0.15) is 6.04 Å². The molecule has 3 N–H and O–H groups in total. The van der Waals surface area contributed by atoms with Crippen LogP contribution in [0.4, 0.5) is 0 Å². The molecule has 2 saturated heterocycles. The second kappa shape index (κ2) is 13.2. The number of carboxylic acid groups (broad SMARTS) is 1. The van der Waals surface area contributed by atoms with Crippen molar-refractivity contribution in [3.63, 3.8) is 0 Å². The molecule has 0 aliphatic carbocycles. The zero-order valence-electron chi connectivity index (χ0n) is 20.8. The molecule has 2 aliphatic heterocycles. The molecule has 0 bridgehead atoms. The second-order valence-corrected chi connectivity index (χ2v) is 9.22. The first-order valence-electron chi connectivity index (χ1n) is 12.6. The Labute approximate surface area is 212 Å². The minimum absolute atomic E-state index is 0.111. The van der Waals surface area contributed by atoms with Crippen molar-refractivity contribution in [1.29, 1.82) is 0 Å². The van der Waals surface area contributed by atoms with Gasteiger partial charge in [0.15, 0.2) is 0 Å². The van der Waals surface area contributed by atoms with Crippen LogP contribution >= 0.6 is 0 Å². The molecule has 0 spiro atoms. The molecule has 0 saturated carbocycles. The van der Waals surface area contributed by atoms with E-state index in [4.69, 9.17) is 9.84 Å². The standard InChI is InChI=1S/C23H29NO3.C5H7NO3/c1-2-27-22(26)23(20-11-7-4-8-12-20)14-17-24(18-15-23)16-13-21(25)19-9-5-3-6-10-19;7-4-2-1-3(6-4)5(8)9/h3-12,21,25H,2,13-18H2,1H3;3H,1-2H2,(H,6,7)(H,8,9)/t;3-/m.0/s1. The van der Waals surface area contributed by atoms with Gasteiger partial charge in [0, 0.05) is 13.0 Å².